The summed E-state index contributed by atoms with van der Waals surface area (Å²) in [6.45, 7) is 8.90. The number of hydrogen-bond acceptors (Lipinski definition) is 8. The van der Waals surface area contributed by atoms with Gasteiger partial charge in [-0.25, -0.2) is 9.48 Å². The van der Waals surface area contributed by atoms with Crippen LogP contribution in [0.3, 0.4) is 0 Å². The molecule has 1 aliphatic rings. The van der Waals surface area contributed by atoms with Crippen LogP contribution in [0.4, 0.5) is 13.2 Å². The lowest BCUT2D eigenvalue weighted by Crippen LogP contribution is -2.58. The first-order valence-electron chi connectivity index (χ1n) is 11.4. The number of rotatable bonds is 3. The summed E-state index contributed by atoms with van der Waals surface area (Å²) in [7, 11) is 1.64. The van der Waals surface area contributed by atoms with Crippen molar-refractivity contribution >= 4 is 28.0 Å². The van der Waals surface area contributed by atoms with Crippen LogP contribution >= 0.6 is 0 Å². The van der Waals surface area contributed by atoms with Gasteiger partial charge in [0, 0.05) is 28.1 Å². The van der Waals surface area contributed by atoms with Gasteiger partial charge in [0.15, 0.2) is 0 Å². The highest BCUT2D eigenvalue weighted by molar-refractivity contribution is 5.88. The predicted octanol–water partition coefficient (Wildman–Crippen LogP) is 3.89. The van der Waals surface area contributed by atoms with Crippen LogP contribution < -0.4 is 10.1 Å². The molecule has 37 heavy (non-hydrogen) atoms. The van der Waals surface area contributed by atoms with Gasteiger partial charge in [-0.1, -0.05) is 5.21 Å². The van der Waals surface area contributed by atoms with Crippen molar-refractivity contribution in [3.63, 3.8) is 0 Å². The largest absolute Gasteiger partial charge is 0.496 e. The molecule has 1 aromatic carbocycles. The molecular weight excluding hydrogens is 493 g/mol. The lowest BCUT2D eigenvalue weighted by atomic mass is 9.80. The van der Waals surface area contributed by atoms with Gasteiger partial charge in [0.1, 0.15) is 11.3 Å². The summed E-state index contributed by atoms with van der Waals surface area (Å²) in [6, 6.07) is 6.04. The zero-order valence-corrected chi connectivity index (χ0v) is 20.9. The van der Waals surface area contributed by atoms with E-state index in [-0.39, 0.29) is 17.1 Å². The fraction of sp³-hybridized carbons (Fsp3) is 0.478. The molecule has 14 heteroatoms. The number of carboxylic acid groups (broad SMARTS) is 1. The Morgan fingerprint density at radius 2 is 1.76 bits per heavy atom. The maximum atomic E-state index is 10.6. The van der Waals surface area contributed by atoms with Crippen molar-refractivity contribution in [1.29, 1.82) is 0 Å². The molecule has 0 unspecified atom stereocenters. The van der Waals surface area contributed by atoms with Gasteiger partial charge < -0.3 is 15.2 Å². The lowest BCUT2D eigenvalue weighted by Gasteiger charge is -2.46. The molecule has 3 N–H and O–H groups in total. The summed E-state index contributed by atoms with van der Waals surface area (Å²) >= 11 is 0. The molecule has 3 aromatic heterocycles. The number of benzene rings is 1. The Morgan fingerprint density at radius 1 is 1.11 bits per heavy atom. The maximum Gasteiger partial charge on any atom is 0.490 e. The monoisotopic (exact) mass is 520 g/mol. The van der Waals surface area contributed by atoms with Gasteiger partial charge in [-0.2, -0.15) is 18.3 Å². The van der Waals surface area contributed by atoms with Crippen LogP contribution in [-0.2, 0) is 4.79 Å². The second-order valence-corrected chi connectivity index (χ2v) is 10.2. The van der Waals surface area contributed by atoms with Crippen LogP contribution in [0.2, 0.25) is 0 Å². The molecule has 0 bridgehead atoms. The number of carboxylic acids is 1. The third kappa shape index (κ3) is 5.63. The van der Waals surface area contributed by atoms with Crippen molar-refractivity contribution in [3.05, 3.63) is 24.4 Å². The van der Waals surface area contributed by atoms with Crippen molar-refractivity contribution in [2.24, 2.45) is 0 Å². The molecule has 5 rings (SSSR count). The first-order chi connectivity index (χ1) is 17.2. The lowest BCUT2D eigenvalue weighted by molar-refractivity contribution is -0.192. The summed E-state index contributed by atoms with van der Waals surface area (Å²) in [5.74, 6) is -2.05. The molecule has 198 valence electrons. The van der Waals surface area contributed by atoms with E-state index < -0.39 is 12.1 Å². The Balaban J connectivity index is 0.000000405. The van der Waals surface area contributed by atoms with Crippen LogP contribution in [-0.4, -0.2) is 70.8 Å². The summed E-state index contributed by atoms with van der Waals surface area (Å²) in [4.78, 5) is 8.90. The molecule has 0 radical (unpaired) electrons. The standard InChI is InChI=1S/C21H26N8O.C2HF3O2/c1-20(2)9-13(10-21(3,4)27-20)29-19-17(25-28-29)7-16(24-26-19)14-6-12-11-22-23-15(12)8-18(14)30-5;3-2(4,5)1(6)7/h6-8,11,13,27H,9-10H2,1-5H3,(H,22,23);(H,6,7). The van der Waals surface area contributed by atoms with Gasteiger partial charge in [-0.15, -0.1) is 15.3 Å². The zero-order chi connectivity index (χ0) is 27.2. The van der Waals surface area contributed by atoms with Gasteiger partial charge in [0.25, 0.3) is 0 Å². The van der Waals surface area contributed by atoms with E-state index in [4.69, 9.17) is 14.6 Å². The van der Waals surface area contributed by atoms with Crippen LogP contribution in [0.15, 0.2) is 24.4 Å². The Hall–Kier alpha value is -3.81. The fourth-order valence-electron chi connectivity index (χ4n) is 4.91. The van der Waals surface area contributed by atoms with Gasteiger partial charge in [0.2, 0.25) is 5.65 Å². The van der Waals surface area contributed by atoms with Crippen molar-refractivity contribution in [2.45, 2.75) is 63.8 Å². The van der Waals surface area contributed by atoms with E-state index in [1.807, 2.05) is 22.9 Å². The molecule has 1 fully saturated rings. The van der Waals surface area contributed by atoms with E-state index in [0.29, 0.717) is 17.1 Å². The third-order valence-electron chi connectivity index (χ3n) is 6.01. The molecule has 0 aliphatic carbocycles. The highest BCUT2D eigenvalue weighted by atomic mass is 19.4. The van der Waals surface area contributed by atoms with Crippen LogP contribution in [0, 0.1) is 0 Å². The molecule has 11 nitrogen and oxygen atoms in total. The van der Waals surface area contributed by atoms with E-state index in [2.05, 4.69) is 63.7 Å². The zero-order valence-electron chi connectivity index (χ0n) is 20.9. The molecule has 1 saturated heterocycles. The summed E-state index contributed by atoms with van der Waals surface area (Å²) in [6.07, 6.45) is -1.41. The third-order valence-corrected chi connectivity index (χ3v) is 6.01. The normalized spacial score (nSPS) is 17.4. The molecular formula is C23H27F3N8O3. The Kier molecular flexibility index (Phi) is 6.56. The minimum atomic E-state index is -5.08. The van der Waals surface area contributed by atoms with Crippen molar-refractivity contribution < 1.29 is 27.8 Å². The minimum absolute atomic E-state index is 0.00539. The highest BCUT2D eigenvalue weighted by Gasteiger charge is 2.40. The molecule has 0 atom stereocenters. The molecule has 0 amide bonds. The van der Waals surface area contributed by atoms with Crippen LogP contribution in [0.5, 0.6) is 5.75 Å². The Labute approximate surface area is 209 Å². The Morgan fingerprint density at radius 3 is 2.35 bits per heavy atom. The first-order valence-corrected chi connectivity index (χ1v) is 11.4. The maximum absolute atomic E-state index is 10.6. The molecule has 4 heterocycles. The summed E-state index contributed by atoms with van der Waals surface area (Å²) in [5, 5.41) is 36.8. The first kappa shape index (κ1) is 26.3. The number of hydrogen-bond donors (Lipinski definition) is 3. The minimum Gasteiger partial charge on any atom is -0.496 e. The topological polar surface area (TPSA) is 144 Å². The van der Waals surface area contributed by atoms with E-state index >= 15 is 0 Å². The number of alkyl halides is 3. The number of nitrogens with one attached hydrogen (secondary N) is 2. The van der Waals surface area contributed by atoms with Gasteiger partial charge in [-0.05, 0) is 52.7 Å². The molecule has 0 spiro atoms. The second kappa shape index (κ2) is 9.25. The SMILES string of the molecule is COc1cc2[nH]ncc2cc1-c1cc2nnn(C3CC(C)(C)NC(C)(C)C3)c2nn1.O=C(O)C(F)(F)F. The quantitative estimate of drug-likeness (QED) is 0.366. The summed E-state index contributed by atoms with van der Waals surface area (Å²) < 4.78 is 39.2. The van der Waals surface area contributed by atoms with Crippen LogP contribution in [0.25, 0.3) is 33.3 Å². The van der Waals surface area contributed by atoms with Gasteiger partial charge >= 0.3 is 12.1 Å². The average Bonchev–Trinajstić information content (AvgIpc) is 3.41. The number of ether oxygens (including phenoxy) is 1. The Bertz CT molecular complexity index is 1430. The number of aromatic nitrogens is 7. The van der Waals surface area contributed by atoms with Crippen molar-refractivity contribution in [3.8, 4) is 17.0 Å². The number of methoxy groups -OCH3 is 1. The number of fused-ring (bicyclic) bond motifs is 2. The number of H-pyrrole nitrogens is 1. The number of aliphatic carboxylic acids is 1. The van der Waals surface area contributed by atoms with Crippen molar-refractivity contribution in [1.82, 2.24) is 40.7 Å². The van der Waals surface area contributed by atoms with E-state index in [9.17, 15) is 13.2 Å². The number of nitrogens with zero attached hydrogens (tertiary/aromatic N) is 6. The number of aromatic amines is 1. The number of halogens is 3. The smallest absolute Gasteiger partial charge is 0.490 e. The number of piperidine rings is 1. The van der Waals surface area contributed by atoms with E-state index in [1.54, 1.807) is 13.3 Å². The van der Waals surface area contributed by atoms with Gasteiger partial charge in [-0.3, -0.25) is 5.10 Å². The average molecular weight is 521 g/mol. The molecule has 0 saturated carbocycles. The fourth-order valence-corrected chi connectivity index (χ4v) is 4.91. The van der Waals surface area contributed by atoms with Crippen LogP contribution in [0.1, 0.15) is 46.6 Å². The van der Waals surface area contributed by atoms with E-state index in [1.165, 1.54) is 0 Å². The molecule has 1 aliphatic heterocycles. The molecule has 4 aromatic rings. The van der Waals surface area contributed by atoms with Crippen molar-refractivity contribution in [2.75, 3.05) is 7.11 Å². The summed E-state index contributed by atoms with van der Waals surface area (Å²) in [5.41, 5.74) is 3.90. The van der Waals surface area contributed by atoms with Gasteiger partial charge in [0.05, 0.1) is 30.6 Å². The van der Waals surface area contributed by atoms with E-state index in [0.717, 1.165) is 34.8 Å². The highest BCUT2D eigenvalue weighted by Crippen LogP contribution is 2.37. The number of carbonyl (C=O) groups is 1. The second-order valence-electron chi connectivity index (χ2n) is 10.2. The predicted molar refractivity (Wildman–Crippen MR) is 128 cm³/mol.